The second kappa shape index (κ2) is 7.18. The summed E-state index contributed by atoms with van der Waals surface area (Å²) in [7, 11) is 0. The Morgan fingerprint density at radius 2 is 2.04 bits per heavy atom. The monoisotopic (exact) mass is 340 g/mol. The highest BCUT2D eigenvalue weighted by molar-refractivity contribution is 7.09. The van der Waals surface area contributed by atoms with Gasteiger partial charge in [0.05, 0.1) is 12.2 Å². The van der Waals surface area contributed by atoms with E-state index in [-0.39, 0.29) is 11.5 Å². The summed E-state index contributed by atoms with van der Waals surface area (Å²) in [5.41, 5.74) is 1.14. The van der Waals surface area contributed by atoms with Crippen LogP contribution in [-0.4, -0.2) is 20.7 Å². The molecule has 1 N–H and O–H groups in total. The zero-order valence-electron chi connectivity index (χ0n) is 13.0. The van der Waals surface area contributed by atoms with Crippen molar-refractivity contribution in [2.75, 3.05) is 0 Å². The number of hydrogen-bond acceptors (Lipinski definition) is 5. The van der Waals surface area contributed by atoms with Gasteiger partial charge in [0, 0.05) is 28.9 Å². The first-order valence-electron chi connectivity index (χ1n) is 7.45. The summed E-state index contributed by atoms with van der Waals surface area (Å²) < 4.78 is 1.21. The van der Waals surface area contributed by atoms with Gasteiger partial charge in [0.15, 0.2) is 0 Å². The van der Waals surface area contributed by atoms with Crippen molar-refractivity contribution in [2.24, 2.45) is 0 Å². The van der Waals surface area contributed by atoms with Crippen LogP contribution >= 0.6 is 11.3 Å². The summed E-state index contributed by atoms with van der Waals surface area (Å²) in [5, 5.41) is 9.11. The Hall–Kier alpha value is -2.80. The molecule has 3 heterocycles. The molecule has 122 valence electrons. The number of amides is 1. The molecule has 1 atom stereocenters. The fraction of sp³-hybridized carbons (Fsp3) is 0.176. The third kappa shape index (κ3) is 3.57. The van der Waals surface area contributed by atoms with Crippen LogP contribution in [0.25, 0.3) is 11.3 Å². The molecule has 0 aliphatic heterocycles. The van der Waals surface area contributed by atoms with Crippen LogP contribution < -0.4 is 10.9 Å². The molecule has 0 aromatic carbocycles. The van der Waals surface area contributed by atoms with Crippen LogP contribution in [0, 0.1) is 0 Å². The number of hydrogen-bond donors (Lipinski definition) is 1. The molecule has 0 spiro atoms. The molecule has 1 amide bonds. The Balaban J connectivity index is 1.80. The van der Waals surface area contributed by atoms with Gasteiger partial charge in [-0.3, -0.25) is 14.6 Å². The van der Waals surface area contributed by atoms with Gasteiger partial charge in [0.25, 0.3) is 5.56 Å². The van der Waals surface area contributed by atoms with E-state index in [0.717, 1.165) is 10.4 Å². The van der Waals surface area contributed by atoms with E-state index in [0.29, 0.717) is 12.2 Å². The summed E-state index contributed by atoms with van der Waals surface area (Å²) in [6, 6.07) is 9.86. The standard InChI is InChI=1S/C17H16N4O2S/c1-12(17(23)19-11-14-3-2-10-24-14)21-16(22)5-4-15(20-21)13-6-8-18-9-7-13/h2-10,12H,11H2,1H3,(H,19,23). The van der Waals surface area contributed by atoms with Gasteiger partial charge in [-0.05, 0) is 36.6 Å². The molecule has 0 aliphatic carbocycles. The van der Waals surface area contributed by atoms with Crippen molar-refractivity contribution in [3.05, 3.63) is 69.4 Å². The first-order chi connectivity index (χ1) is 11.6. The first-order valence-corrected chi connectivity index (χ1v) is 8.33. The number of aromatic nitrogens is 3. The van der Waals surface area contributed by atoms with Crippen molar-refractivity contribution in [2.45, 2.75) is 19.5 Å². The van der Waals surface area contributed by atoms with E-state index >= 15 is 0 Å². The van der Waals surface area contributed by atoms with Gasteiger partial charge in [-0.2, -0.15) is 5.10 Å². The van der Waals surface area contributed by atoms with E-state index in [1.807, 2.05) is 17.5 Å². The van der Waals surface area contributed by atoms with Crippen LogP contribution in [0.5, 0.6) is 0 Å². The molecular formula is C17H16N4O2S. The second-order valence-electron chi connectivity index (χ2n) is 5.21. The zero-order chi connectivity index (χ0) is 16.9. The molecule has 0 saturated heterocycles. The van der Waals surface area contributed by atoms with E-state index in [2.05, 4.69) is 15.4 Å². The minimum Gasteiger partial charge on any atom is -0.349 e. The molecule has 0 fully saturated rings. The molecule has 0 radical (unpaired) electrons. The largest absolute Gasteiger partial charge is 0.349 e. The minimum absolute atomic E-state index is 0.245. The Morgan fingerprint density at radius 1 is 1.25 bits per heavy atom. The van der Waals surface area contributed by atoms with Gasteiger partial charge in [-0.15, -0.1) is 11.3 Å². The zero-order valence-corrected chi connectivity index (χ0v) is 13.9. The molecule has 0 saturated carbocycles. The first kappa shape index (κ1) is 16.1. The van der Waals surface area contributed by atoms with E-state index in [1.54, 1.807) is 48.9 Å². The van der Waals surface area contributed by atoms with E-state index in [1.165, 1.54) is 10.7 Å². The van der Waals surface area contributed by atoms with Gasteiger partial charge in [0.1, 0.15) is 6.04 Å². The molecule has 7 heteroatoms. The third-order valence-corrected chi connectivity index (χ3v) is 4.44. The van der Waals surface area contributed by atoms with Crippen molar-refractivity contribution in [3.8, 4) is 11.3 Å². The smallest absolute Gasteiger partial charge is 0.267 e. The highest BCUT2D eigenvalue weighted by Crippen LogP contribution is 2.14. The van der Waals surface area contributed by atoms with E-state index in [9.17, 15) is 9.59 Å². The lowest BCUT2D eigenvalue weighted by atomic mass is 10.2. The van der Waals surface area contributed by atoms with Gasteiger partial charge in [-0.1, -0.05) is 6.07 Å². The van der Waals surface area contributed by atoms with Gasteiger partial charge >= 0.3 is 0 Å². The molecule has 24 heavy (non-hydrogen) atoms. The second-order valence-corrected chi connectivity index (χ2v) is 6.24. The molecule has 0 bridgehead atoms. The number of thiophene rings is 1. The Kier molecular flexibility index (Phi) is 4.81. The summed E-state index contributed by atoms with van der Waals surface area (Å²) in [6.07, 6.45) is 3.31. The molecule has 3 aromatic rings. The van der Waals surface area contributed by atoms with E-state index in [4.69, 9.17) is 0 Å². The molecular weight excluding hydrogens is 324 g/mol. The number of carbonyl (C=O) groups is 1. The van der Waals surface area contributed by atoms with Crippen molar-refractivity contribution in [1.82, 2.24) is 20.1 Å². The number of rotatable bonds is 5. The quantitative estimate of drug-likeness (QED) is 0.773. The van der Waals surface area contributed by atoms with Crippen molar-refractivity contribution in [1.29, 1.82) is 0 Å². The average Bonchev–Trinajstić information content (AvgIpc) is 3.14. The predicted molar refractivity (Wildman–Crippen MR) is 92.6 cm³/mol. The summed E-state index contributed by atoms with van der Waals surface area (Å²) >= 11 is 1.57. The highest BCUT2D eigenvalue weighted by atomic mass is 32.1. The van der Waals surface area contributed by atoms with Crippen LogP contribution in [0.15, 0.2) is 59.0 Å². The van der Waals surface area contributed by atoms with Crippen LogP contribution in [0.1, 0.15) is 17.8 Å². The van der Waals surface area contributed by atoms with Crippen molar-refractivity contribution >= 4 is 17.2 Å². The maximum Gasteiger partial charge on any atom is 0.267 e. The fourth-order valence-corrected chi connectivity index (χ4v) is 2.87. The van der Waals surface area contributed by atoms with Crippen LogP contribution in [0.2, 0.25) is 0 Å². The number of carbonyl (C=O) groups excluding carboxylic acids is 1. The number of nitrogens with zero attached hydrogens (tertiary/aromatic N) is 3. The van der Waals surface area contributed by atoms with Crippen LogP contribution in [0.3, 0.4) is 0 Å². The Bertz CT molecular complexity index is 875. The third-order valence-electron chi connectivity index (χ3n) is 3.56. The Labute approximate surface area is 142 Å². The summed E-state index contributed by atoms with van der Waals surface area (Å²) in [5.74, 6) is -0.245. The molecule has 6 nitrogen and oxygen atoms in total. The average molecular weight is 340 g/mol. The summed E-state index contributed by atoms with van der Waals surface area (Å²) in [4.78, 5) is 29.4. The van der Waals surface area contributed by atoms with Crippen molar-refractivity contribution in [3.63, 3.8) is 0 Å². The normalized spacial score (nSPS) is 11.9. The molecule has 0 aliphatic rings. The number of pyridine rings is 1. The topological polar surface area (TPSA) is 76.9 Å². The van der Waals surface area contributed by atoms with Gasteiger partial charge in [0.2, 0.25) is 5.91 Å². The lowest BCUT2D eigenvalue weighted by Gasteiger charge is -2.14. The predicted octanol–water partition coefficient (Wildman–Crippen LogP) is 2.24. The number of nitrogens with one attached hydrogen (secondary N) is 1. The highest BCUT2D eigenvalue weighted by Gasteiger charge is 2.17. The SMILES string of the molecule is CC(C(=O)NCc1cccs1)n1nc(-c2ccncc2)ccc1=O. The molecule has 1 unspecified atom stereocenters. The van der Waals surface area contributed by atoms with Gasteiger partial charge < -0.3 is 5.32 Å². The van der Waals surface area contributed by atoms with Crippen LogP contribution in [-0.2, 0) is 11.3 Å². The summed E-state index contributed by atoms with van der Waals surface area (Å²) in [6.45, 7) is 2.11. The fourth-order valence-electron chi connectivity index (χ4n) is 2.23. The van der Waals surface area contributed by atoms with Crippen LogP contribution in [0.4, 0.5) is 0 Å². The van der Waals surface area contributed by atoms with Gasteiger partial charge in [-0.25, -0.2) is 4.68 Å². The maximum atomic E-state index is 12.3. The van der Waals surface area contributed by atoms with E-state index < -0.39 is 6.04 Å². The lowest BCUT2D eigenvalue weighted by Crippen LogP contribution is -2.36. The Morgan fingerprint density at radius 3 is 2.75 bits per heavy atom. The molecule has 3 rings (SSSR count). The maximum absolute atomic E-state index is 12.3. The minimum atomic E-state index is -0.695. The van der Waals surface area contributed by atoms with Crippen molar-refractivity contribution < 1.29 is 4.79 Å². The molecule has 3 aromatic heterocycles. The lowest BCUT2D eigenvalue weighted by molar-refractivity contribution is -0.124.